The van der Waals surface area contributed by atoms with Crippen LogP contribution < -0.4 is 14.8 Å². The lowest BCUT2D eigenvalue weighted by atomic mass is 10.4. The molecule has 0 saturated carbocycles. The van der Waals surface area contributed by atoms with Gasteiger partial charge in [-0.05, 0) is 33.0 Å². The lowest BCUT2D eigenvalue weighted by molar-refractivity contribution is 0.243. The van der Waals surface area contributed by atoms with Gasteiger partial charge in [0, 0.05) is 12.7 Å². The summed E-state index contributed by atoms with van der Waals surface area (Å²) in [6.07, 6.45) is 1.66. The van der Waals surface area contributed by atoms with Crippen LogP contribution in [-0.4, -0.2) is 38.9 Å². The molecular formula is C11H19N3O3S. The quantitative estimate of drug-likeness (QED) is 0.769. The van der Waals surface area contributed by atoms with Crippen molar-refractivity contribution in [3.8, 4) is 5.75 Å². The van der Waals surface area contributed by atoms with Crippen LogP contribution in [0.5, 0.6) is 5.75 Å². The average molecular weight is 273 g/mol. The molecular weight excluding hydrogens is 254 g/mol. The minimum atomic E-state index is -3.21. The van der Waals surface area contributed by atoms with Gasteiger partial charge in [0.1, 0.15) is 0 Å². The number of sulfonamides is 1. The Hall–Kier alpha value is -1.34. The first-order valence-electron chi connectivity index (χ1n) is 5.71. The molecule has 18 heavy (non-hydrogen) atoms. The standard InChI is InChI=1S/C11H19N3O3S/c1-9(2)17-10-5-4-6-13-11(10)14-7-8-18(15,16)12-3/h4-6,9,12H,7-8H2,1-3H3,(H,13,14). The van der Waals surface area contributed by atoms with Crippen molar-refractivity contribution in [2.24, 2.45) is 0 Å². The number of rotatable bonds is 7. The Morgan fingerprint density at radius 1 is 1.44 bits per heavy atom. The number of nitrogens with zero attached hydrogens (tertiary/aromatic N) is 1. The van der Waals surface area contributed by atoms with Crippen LogP contribution in [-0.2, 0) is 10.0 Å². The Kier molecular flexibility index (Phi) is 5.36. The Labute approximate surface area is 108 Å². The van der Waals surface area contributed by atoms with Crippen molar-refractivity contribution in [2.75, 3.05) is 24.7 Å². The summed E-state index contributed by atoms with van der Waals surface area (Å²) in [6, 6.07) is 3.56. The third-order valence-electron chi connectivity index (χ3n) is 2.11. The highest BCUT2D eigenvalue weighted by Crippen LogP contribution is 2.21. The fourth-order valence-corrected chi connectivity index (χ4v) is 1.85. The SMILES string of the molecule is CNS(=O)(=O)CCNc1ncccc1OC(C)C. The normalized spacial score (nSPS) is 11.6. The molecule has 1 aromatic heterocycles. The summed E-state index contributed by atoms with van der Waals surface area (Å²) < 4.78 is 30.3. The summed E-state index contributed by atoms with van der Waals surface area (Å²) in [5.41, 5.74) is 0. The topological polar surface area (TPSA) is 80.3 Å². The summed E-state index contributed by atoms with van der Waals surface area (Å²) in [6.45, 7) is 4.11. The van der Waals surface area contributed by atoms with Crippen LogP contribution >= 0.6 is 0 Å². The van der Waals surface area contributed by atoms with Crippen molar-refractivity contribution in [3.05, 3.63) is 18.3 Å². The van der Waals surface area contributed by atoms with Gasteiger partial charge < -0.3 is 10.1 Å². The van der Waals surface area contributed by atoms with Crippen LogP contribution in [0.1, 0.15) is 13.8 Å². The molecule has 0 unspecified atom stereocenters. The second-order valence-corrected chi connectivity index (χ2v) is 6.01. The van der Waals surface area contributed by atoms with Crippen LogP contribution in [0.25, 0.3) is 0 Å². The van der Waals surface area contributed by atoms with Gasteiger partial charge in [0.2, 0.25) is 10.0 Å². The second kappa shape index (κ2) is 6.55. The third kappa shape index (κ3) is 4.89. The first-order chi connectivity index (χ1) is 8.44. The minimum Gasteiger partial charge on any atom is -0.487 e. The predicted octanol–water partition coefficient (Wildman–Crippen LogP) is 0.830. The molecule has 0 bridgehead atoms. The summed E-state index contributed by atoms with van der Waals surface area (Å²) in [5, 5.41) is 2.95. The zero-order chi connectivity index (χ0) is 13.6. The fraction of sp³-hybridized carbons (Fsp3) is 0.545. The molecule has 1 aromatic rings. The van der Waals surface area contributed by atoms with Crippen LogP contribution in [0.4, 0.5) is 5.82 Å². The van der Waals surface area contributed by atoms with Crippen LogP contribution in [0, 0.1) is 0 Å². The monoisotopic (exact) mass is 273 g/mol. The van der Waals surface area contributed by atoms with Gasteiger partial charge >= 0.3 is 0 Å². The summed E-state index contributed by atoms with van der Waals surface area (Å²) in [5.74, 6) is 1.16. The summed E-state index contributed by atoms with van der Waals surface area (Å²) in [7, 11) is -1.81. The highest BCUT2D eigenvalue weighted by Gasteiger charge is 2.09. The fourth-order valence-electron chi connectivity index (χ4n) is 1.28. The molecule has 0 aliphatic rings. The van der Waals surface area contributed by atoms with Gasteiger partial charge in [-0.15, -0.1) is 0 Å². The van der Waals surface area contributed by atoms with E-state index in [2.05, 4.69) is 15.0 Å². The second-order valence-electron chi connectivity index (χ2n) is 3.97. The first kappa shape index (κ1) is 14.7. The van der Waals surface area contributed by atoms with E-state index in [1.165, 1.54) is 7.05 Å². The van der Waals surface area contributed by atoms with E-state index in [9.17, 15) is 8.42 Å². The van der Waals surface area contributed by atoms with E-state index in [1.54, 1.807) is 18.3 Å². The molecule has 0 atom stereocenters. The maximum Gasteiger partial charge on any atom is 0.213 e. The molecule has 1 rings (SSSR count). The Bertz CT molecular complexity index is 474. The molecule has 0 fully saturated rings. The predicted molar refractivity (Wildman–Crippen MR) is 71.3 cm³/mol. The van der Waals surface area contributed by atoms with Crippen molar-refractivity contribution >= 4 is 15.8 Å². The Morgan fingerprint density at radius 3 is 2.78 bits per heavy atom. The molecule has 0 spiro atoms. The average Bonchev–Trinajstić information content (AvgIpc) is 2.30. The van der Waals surface area contributed by atoms with Crippen LogP contribution in [0.3, 0.4) is 0 Å². The van der Waals surface area contributed by atoms with Crippen molar-refractivity contribution in [3.63, 3.8) is 0 Å². The van der Waals surface area contributed by atoms with Gasteiger partial charge in [0.15, 0.2) is 11.6 Å². The van der Waals surface area contributed by atoms with E-state index in [1.807, 2.05) is 13.8 Å². The summed E-state index contributed by atoms with van der Waals surface area (Å²) in [4.78, 5) is 4.13. The number of ether oxygens (including phenoxy) is 1. The van der Waals surface area contributed by atoms with E-state index in [0.29, 0.717) is 11.6 Å². The summed E-state index contributed by atoms with van der Waals surface area (Å²) >= 11 is 0. The first-order valence-corrected chi connectivity index (χ1v) is 7.36. The van der Waals surface area contributed by atoms with Gasteiger partial charge in [-0.25, -0.2) is 18.1 Å². The number of hydrogen-bond donors (Lipinski definition) is 2. The molecule has 0 saturated heterocycles. The highest BCUT2D eigenvalue weighted by molar-refractivity contribution is 7.89. The number of anilines is 1. The zero-order valence-electron chi connectivity index (χ0n) is 10.8. The van der Waals surface area contributed by atoms with Crippen molar-refractivity contribution < 1.29 is 13.2 Å². The molecule has 7 heteroatoms. The van der Waals surface area contributed by atoms with Crippen molar-refractivity contribution in [2.45, 2.75) is 20.0 Å². The maximum atomic E-state index is 11.2. The molecule has 0 aliphatic carbocycles. The molecule has 102 valence electrons. The number of pyridine rings is 1. The highest BCUT2D eigenvalue weighted by atomic mass is 32.2. The molecule has 0 aliphatic heterocycles. The smallest absolute Gasteiger partial charge is 0.213 e. The lowest BCUT2D eigenvalue weighted by Crippen LogP contribution is -2.26. The van der Waals surface area contributed by atoms with E-state index < -0.39 is 10.0 Å². The van der Waals surface area contributed by atoms with Gasteiger partial charge in [0.25, 0.3) is 0 Å². The third-order valence-corrected chi connectivity index (χ3v) is 3.47. The van der Waals surface area contributed by atoms with Gasteiger partial charge in [-0.1, -0.05) is 0 Å². The van der Waals surface area contributed by atoms with Crippen LogP contribution in [0.15, 0.2) is 18.3 Å². The number of aromatic nitrogens is 1. The minimum absolute atomic E-state index is 0.0127. The molecule has 2 N–H and O–H groups in total. The molecule has 6 nitrogen and oxygen atoms in total. The Balaban J connectivity index is 2.62. The van der Waals surface area contributed by atoms with E-state index in [-0.39, 0.29) is 18.4 Å². The maximum absolute atomic E-state index is 11.2. The van der Waals surface area contributed by atoms with Gasteiger partial charge in [-0.3, -0.25) is 0 Å². The van der Waals surface area contributed by atoms with Gasteiger partial charge in [-0.2, -0.15) is 0 Å². The lowest BCUT2D eigenvalue weighted by Gasteiger charge is -2.14. The van der Waals surface area contributed by atoms with Crippen molar-refractivity contribution in [1.29, 1.82) is 0 Å². The molecule has 1 heterocycles. The van der Waals surface area contributed by atoms with Crippen LogP contribution in [0.2, 0.25) is 0 Å². The van der Waals surface area contributed by atoms with E-state index in [0.717, 1.165) is 0 Å². The number of nitrogens with one attached hydrogen (secondary N) is 2. The van der Waals surface area contributed by atoms with E-state index >= 15 is 0 Å². The van der Waals surface area contributed by atoms with Crippen molar-refractivity contribution in [1.82, 2.24) is 9.71 Å². The zero-order valence-corrected chi connectivity index (χ0v) is 11.6. The van der Waals surface area contributed by atoms with E-state index in [4.69, 9.17) is 4.74 Å². The van der Waals surface area contributed by atoms with Gasteiger partial charge in [0.05, 0.1) is 11.9 Å². The molecule has 0 amide bonds. The Morgan fingerprint density at radius 2 is 2.17 bits per heavy atom. The molecule has 0 radical (unpaired) electrons. The number of hydrogen-bond acceptors (Lipinski definition) is 5. The largest absolute Gasteiger partial charge is 0.487 e. The molecule has 0 aromatic carbocycles.